The molecule has 0 saturated carbocycles. The average molecular weight is 281 g/mol. The average Bonchev–Trinajstić information content (AvgIpc) is 3.09. The van der Waals surface area contributed by atoms with Gasteiger partial charge in [-0.05, 0) is 5.56 Å². The van der Waals surface area contributed by atoms with E-state index in [2.05, 4.69) is 45.4 Å². The summed E-state index contributed by atoms with van der Waals surface area (Å²) in [5, 5.41) is 0. The van der Waals surface area contributed by atoms with Gasteiger partial charge in [0.25, 0.3) is 0 Å². The zero-order chi connectivity index (χ0) is 13.8. The Morgan fingerprint density at radius 2 is 2.05 bits per heavy atom. The van der Waals surface area contributed by atoms with Gasteiger partial charge in [-0.2, -0.15) is 0 Å². The molecule has 0 unspecified atom stereocenters. The molecule has 3 aromatic rings. The first kappa shape index (κ1) is 12.8. The number of imidazole rings is 1. The maximum absolute atomic E-state index is 4.51. The monoisotopic (exact) mass is 281 g/mol. The van der Waals surface area contributed by atoms with Gasteiger partial charge in [0.2, 0.25) is 0 Å². The quantitative estimate of drug-likeness (QED) is 0.666. The second kappa shape index (κ2) is 5.84. The second-order valence-electron chi connectivity index (χ2n) is 4.48. The number of allylic oxidation sites excluding steroid dienone is 1. The van der Waals surface area contributed by atoms with Gasteiger partial charge < -0.3 is 4.57 Å². The third-order valence-electron chi connectivity index (χ3n) is 3.10. The van der Waals surface area contributed by atoms with E-state index >= 15 is 0 Å². The molecule has 1 aromatic carbocycles. The summed E-state index contributed by atoms with van der Waals surface area (Å²) in [6.07, 6.45) is 6.51. The number of benzene rings is 1. The standard InChI is InChI=1S/C16H15N3S/c1-2-9-19-10-8-17-16(19)15-14(18-12-20-15)11-13-6-4-3-5-7-13/h2-8,10,12H,1,9,11H2. The van der Waals surface area contributed by atoms with Crippen LogP contribution in [0.3, 0.4) is 0 Å². The lowest BCUT2D eigenvalue weighted by molar-refractivity contribution is 0.832. The lowest BCUT2D eigenvalue weighted by atomic mass is 10.1. The second-order valence-corrected chi connectivity index (χ2v) is 5.34. The number of hydrogen-bond donors (Lipinski definition) is 0. The molecule has 0 atom stereocenters. The van der Waals surface area contributed by atoms with Crippen molar-refractivity contribution < 1.29 is 0 Å². The van der Waals surface area contributed by atoms with Crippen molar-refractivity contribution in [1.29, 1.82) is 0 Å². The molecule has 4 heteroatoms. The van der Waals surface area contributed by atoms with E-state index < -0.39 is 0 Å². The molecule has 2 heterocycles. The lowest BCUT2D eigenvalue weighted by Crippen LogP contribution is -1.98. The Kier molecular flexibility index (Phi) is 3.74. The molecule has 0 spiro atoms. The first-order valence-electron chi connectivity index (χ1n) is 6.47. The van der Waals surface area contributed by atoms with E-state index in [1.807, 2.05) is 30.0 Å². The highest BCUT2D eigenvalue weighted by molar-refractivity contribution is 7.13. The highest BCUT2D eigenvalue weighted by Gasteiger charge is 2.13. The van der Waals surface area contributed by atoms with E-state index in [9.17, 15) is 0 Å². The minimum atomic E-state index is 0.762. The van der Waals surface area contributed by atoms with Crippen LogP contribution >= 0.6 is 11.3 Å². The van der Waals surface area contributed by atoms with Crippen molar-refractivity contribution in [2.24, 2.45) is 0 Å². The van der Waals surface area contributed by atoms with Crippen LogP contribution in [0.25, 0.3) is 10.7 Å². The van der Waals surface area contributed by atoms with Crippen molar-refractivity contribution in [2.45, 2.75) is 13.0 Å². The summed E-state index contributed by atoms with van der Waals surface area (Å²) in [4.78, 5) is 10.1. The fraction of sp³-hybridized carbons (Fsp3) is 0.125. The smallest absolute Gasteiger partial charge is 0.152 e. The first-order chi connectivity index (χ1) is 9.88. The van der Waals surface area contributed by atoms with Crippen molar-refractivity contribution in [2.75, 3.05) is 0 Å². The number of rotatable bonds is 5. The highest BCUT2D eigenvalue weighted by Crippen LogP contribution is 2.28. The number of aromatic nitrogens is 3. The van der Waals surface area contributed by atoms with E-state index in [1.54, 1.807) is 11.3 Å². The van der Waals surface area contributed by atoms with Crippen LogP contribution in [0.15, 0.2) is 60.9 Å². The molecule has 0 aliphatic heterocycles. The Balaban J connectivity index is 1.94. The first-order valence-corrected chi connectivity index (χ1v) is 7.35. The van der Waals surface area contributed by atoms with Gasteiger partial charge in [0.05, 0.1) is 16.1 Å². The van der Waals surface area contributed by atoms with Crippen LogP contribution in [0, 0.1) is 0 Å². The molecule has 0 N–H and O–H groups in total. The molecule has 20 heavy (non-hydrogen) atoms. The van der Waals surface area contributed by atoms with E-state index in [0.29, 0.717) is 0 Å². The summed E-state index contributed by atoms with van der Waals surface area (Å²) in [5.41, 5.74) is 4.24. The zero-order valence-electron chi connectivity index (χ0n) is 11.1. The van der Waals surface area contributed by atoms with E-state index in [4.69, 9.17) is 0 Å². The van der Waals surface area contributed by atoms with Gasteiger partial charge >= 0.3 is 0 Å². The summed E-state index contributed by atoms with van der Waals surface area (Å²) in [7, 11) is 0. The normalized spacial score (nSPS) is 10.6. The molecule has 0 aliphatic carbocycles. The van der Waals surface area contributed by atoms with Crippen LogP contribution in [0.1, 0.15) is 11.3 Å². The fourth-order valence-corrected chi connectivity index (χ4v) is 2.99. The van der Waals surface area contributed by atoms with Crippen LogP contribution in [0.5, 0.6) is 0 Å². The molecular weight excluding hydrogens is 266 g/mol. The van der Waals surface area contributed by atoms with Crippen LogP contribution in [0.4, 0.5) is 0 Å². The topological polar surface area (TPSA) is 30.7 Å². The van der Waals surface area contributed by atoms with Gasteiger partial charge in [0.15, 0.2) is 5.82 Å². The maximum atomic E-state index is 4.51. The Bertz CT molecular complexity index is 697. The summed E-state index contributed by atoms with van der Waals surface area (Å²) < 4.78 is 2.09. The van der Waals surface area contributed by atoms with E-state index in [1.165, 1.54) is 5.56 Å². The van der Waals surface area contributed by atoms with Gasteiger partial charge in [-0.15, -0.1) is 17.9 Å². The summed E-state index contributed by atoms with van der Waals surface area (Å²) in [5.74, 6) is 0.971. The van der Waals surface area contributed by atoms with Crippen LogP contribution < -0.4 is 0 Å². The van der Waals surface area contributed by atoms with Crippen LogP contribution in [0.2, 0.25) is 0 Å². The molecule has 3 nitrogen and oxygen atoms in total. The fourth-order valence-electron chi connectivity index (χ4n) is 2.17. The Hall–Kier alpha value is -2.20. The Morgan fingerprint density at radius 1 is 1.20 bits per heavy atom. The van der Waals surface area contributed by atoms with Crippen molar-refractivity contribution in [1.82, 2.24) is 14.5 Å². The largest absolute Gasteiger partial charge is 0.326 e. The minimum absolute atomic E-state index is 0.762. The SMILES string of the molecule is C=CCn1ccnc1-c1scnc1Cc1ccccc1. The summed E-state index contributed by atoms with van der Waals surface area (Å²) >= 11 is 1.64. The number of hydrogen-bond acceptors (Lipinski definition) is 3. The van der Waals surface area contributed by atoms with Gasteiger partial charge in [-0.1, -0.05) is 36.4 Å². The molecule has 0 saturated heterocycles. The molecule has 0 aliphatic rings. The molecule has 100 valence electrons. The van der Waals surface area contributed by atoms with Gasteiger partial charge in [0.1, 0.15) is 0 Å². The summed E-state index contributed by atoms with van der Waals surface area (Å²) in [6.45, 7) is 4.55. The van der Waals surface area contributed by atoms with E-state index in [-0.39, 0.29) is 0 Å². The van der Waals surface area contributed by atoms with Crippen LogP contribution in [-0.4, -0.2) is 14.5 Å². The third-order valence-corrected chi connectivity index (χ3v) is 3.96. The van der Waals surface area contributed by atoms with Crippen LogP contribution in [-0.2, 0) is 13.0 Å². The minimum Gasteiger partial charge on any atom is -0.326 e. The van der Waals surface area contributed by atoms with Crippen molar-refractivity contribution in [3.05, 3.63) is 72.1 Å². The van der Waals surface area contributed by atoms with Crippen molar-refractivity contribution in [3.8, 4) is 10.7 Å². The van der Waals surface area contributed by atoms with Gasteiger partial charge in [0, 0.05) is 25.4 Å². The zero-order valence-corrected chi connectivity index (χ0v) is 11.9. The molecule has 3 rings (SSSR count). The molecule has 2 aromatic heterocycles. The maximum Gasteiger partial charge on any atom is 0.152 e. The molecule has 0 amide bonds. The highest BCUT2D eigenvalue weighted by atomic mass is 32.1. The van der Waals surface area contributed by atoms with Crippen molar-refractivity contribution >= 4 is 11.3 Å². The number of thiazole rings is 1. The molecule has 0 fully saturated rings. The summed E-state index contributed by atoms with van der Waals surface area (Å²) in [6, 6.07) is 10.4. The van der Waals surface area contributed by atoms with Crippen molar-refractivity contribution in [3.63, 3.8) is 0 Å². The predicted molar refractivity (Wildman–Crippen MR) is 82.8 cm³/mol. The van der Waals surface area contributed by atoms with Gasteiger partial charge in [-0.25, -0.2) is 9.97 Å². The Labute approximate surface area is 122 Å². The molecule has 0 bridgehead atoms. The van der Waals surface area contributed by atoms with Gasteiger partial charge in [-0.3, -0.25) is 0 Å². The van der Waals surface area contributed by atoms with E-state index in [0.717, 1.165) is 29.4 Å². The predicted octanol–water partition coefficient (Wildman–Crippen LogP) is 3.78. The number of nitrogens with zero attached hydrogens (tertiary/aromatic N) is 3. The molecular formula is C16H15N3S. The Morgan fingerprint density at radius 3 is 2.85 bits per heavy atom. The molecule has 0 radical (unpaired) electrons. The third kappa shape index (κ3) is 2.56. The lowest BCUT2D eigenvalue weighted by Gasteiger charge is -2.05.